The van der Waals surface area contributed by atoms with E-state index < -0.39 is 33.2 Å². The Morgan fingerprint density at radius 2 is 1.52 bits per heavy atom. The maximum absolute atomic E-state index is 12.7. The average Bonchev–Trinajstić information content (AvgIpc) is 2.54. The van der Waals surface area contributed by atoms with E-state index in [1.165, 1.54) is 13.8 Å². The van der Waals surface area contributed by atoms with Gasteiger partial charge in [0.2, 0.25) is 5.91 Å². The highest BCUT2D eigenvalue weighted by Gasteiger charge is 2.36. The SMILES string of the molecule is CC(C)(C(=O)Nc1ccc(C(F)(F)F)cc1)S(=O)c1ccc(Cl)cc1. The van der Waals surface area contributed by atoms with Crippen LogP contribution in [0.2, 0.25) is 5.02 Å². The summed E-state index contributed by atoms with van der Waals surface area (Å²) in [6.45, 7) is 2.99. The van der Waals surface area contributed by atoms with Crippen molar-refractivity contribution in [2.24, 2.45) is 0 Å². The molecule has 0 spiro atoms. The van der Waals surface area contributed by atoms with Crippen LogP contribution in [0.5, 0.6) is 0 Å². The molecule has 0 aliphatic carbocycles. The van der Waals surface area contributed by atoms with Crippen molar-refractivity contribution in [3.05, 3.63) is 59.1 Å². The Hall–Kier alpha value is -1.86. The predicted molar refractivity (Wildman–Crippen MR) is 92.0 cm³/mol. The van der Waals surface area contributed by atoms with Gasteiger partial charge in [0.25, 0.3) is 0 Å². The molecule has 1 unspecified atom stereocenters. The van der Waals surface area contributed by atoms with Gasteiger partial charge < -0.3 is 5.32 Å². The summed E-state index contributed by atoms with van der Waals surface area (Å²) in [5.41, 5.74) is -0.617. The van der Waals surface area contributed by atoms with Crippen LogP contribution in [0.3, 0.4) is 0 Å². The first-order valence-electron chi connectivity index (χ1n) is 7.18. The van der Waals surface area contributed by atoms with Gasteiger partial charge in [0.1, 0.15) is 4.75 Å². The van der Waals surface area contributed by atoms with Crippen LogP contribution in [0.15, 0.2) is 53.4 Å². The minimum absolute atomic E-state index is 0.194. The van der Waals surface area contributed by atoms with Crippen molar-refractivity contribution in [1.29, 1.82) is 0 Å². The van der Waals surface area contributed by atoms with E-state index in [2.05, 4.69) is 5.32 Å². The number of carbonyl (C=O) groups is 1. The first-order valence-corrected chi connectivity index (χ1v) is 8.71. The van der Waals surface area contributed by atoms with Gasteiger partial charge in [-0.15, -0.1) is 0 Å². The molecule has 134 valence electrons. The molecule has 1 atom stereocenters. The van der Waals surface area contributed by atoms with Crippen LogP contribution < -0.4 is 5.32 Å². The monoisotopic (exact) mass is 389 g/mol. The summed E-state index contributed by atoms with van der Waals surface area (Å²) in [6.07, 6.45) is -4.45. The second-order valence-electron chi connectivity index (χ2n) is 5.76. The molecule has 1 amide bonds. The van der Waals surface area contributed by atoms with Crippen LogP contribution in [0.25, 0.3) is 0 Å². The summed E-state index contributed by atoms with van der Waals surface area (Å²) in [5, 5.41) is 2.98. The Kier molecular flexibility index (Phi) is 5.58. The van der Waals surface area contributed by atoms with Crippen molar-refractivity contribution in [3.63, 3.8) is 0 Å². The molecule has 0 fully saturated rings. The van der Waals surface area contributed by atoms with Crippen molar-refractivity contribution in [2.75, 3.05) is 5.32 Å². The number of nitrogens with one attached hydrogen (secondary N) is 1. The second-order valence-corrected chi connectivity index (χ2v) is 8.23. The lowest BCUT2D eigenvalue weighted by Gasteiger charge is -2.23. The number of hydrogen-bond donors (Lipinski definition) is 1. The molecule has 0 aliphatic heterocycles. The molecule has 25 heavy (non-hydrogen) atoms. The van der Waals surface area contributed by atoms with E-state index >= 15 is 0 Å². The molecule has 1 N–H and O–H groups in total. The van der Waals surface area contributed by atoms with Gasteiger partial charge in [-0.3, -0.25) is 9.00 Å². The summed E-state index contributed by atoms with van der Waals surface area (Å²) >= 11 is 5.79. The van der Waals surface area contributed by atoms with E-state index in [0.717, 1.165) is 24.3 Å². The van der Waals surface area contributed by atoms with Crippen molar-refractivity contribution in [1.82, 2.24) is 0 Å². The average molecular weight is 390 g/mol. The van der Waals surface area contributed by atoms with Crippen molar-refractivity contribution < 1.29 is 22.2 Å². The summed E-state index contributed by atoms with van der Waals surface area (Å²) in [5.74, 6) is -0.569. The molecule has 0 saturated carbocycles. The number of rotatable bonds is 4. The maximum atomic E-state index is 12.7. The Morgan fingerprint density at radius 3 is 2.00 bits per heavy atom. The molecule has 0 saturated heterocycles. The fourth-order valence-corrected chi connectivity index (χ4v) is 3.28. The van der Waals surface area contributed by atoms with E-state index in [1.807, 2.05) is 0 Å². The zero-order chi connectivity index (χ0) is 18.8. The van der Waals surface area contributed by atoms with E-state index in [-0.39, 0.29) is 5.69 Å². The molecule has 0 bridgehead atoms. The lowest BCUT2D eigenvalue weighted by Crippen LogP contribution is -2.41. The molecule has 8 heteroatoms. The molecule has 2 aromatic rings. The fourth-order valence-electron chi connectivity index (χ4n) is 1.96. The lowest BCUT2D eigenvalue weighted by atomic mass is 10.1. The van der Waals surface area contributed by atoms with E-state index in [1.54, 1.807) is 24.3 Å². The van der Waals surface area contributed by atoms with Gasteiger partial charge in [0, 0.05) is 15.6 Å². The van der Waals surface area contributed by atoms with Crippen molar-refractivity contribution in [2.45, 2.75) is 29.7 Å². The molecule has 2 aromatic carbocycles. The topological polar surface area (TPSA) is 46.2 Å². The first-order chi connectivity index (χ1) is 11.5. The largest absolute Gasteiger partial charge is 0.416 e. The number of anilines is 1. The van der Waals surface area contributed by atoms with Crippen LogP contribution in [0, 0.1) is 0 Å². The quantitative estimate of drug-likeness (QED) is 0.809. The van der Waals surface area contributed by atoms with Gasteiger partial charge in [-0.1, -0.05) is 11.6 Å². The molecule has 3 nitrogen and oxygen atoms in total. The Morgan fingerprint density at radius 1 is 1.00 bits per heavy atom. The van der Waals surface area contributed by atoms with E-state index in [9.17, 15) is 22.2 Å². The molecule has 0 aromatic heterocycles. The first kappa shape index (κ1) is 19.5. The van der Waals surface area contributed by atoms with Crippen LogP contribution in [0.4, 0.5) is 18.9 Å². The highest BCUT2D eigenvalue weighted by atomic mass is 35.5. The third kappa shape index (κ3) is 4.61. The summed E-state index contributed by atoms with van der Waals surface area (Å²) in [7, 11) is -1.67. The molecular formula is C17H15ClF3NO2S. The van der Waals surface area contributed by atoms with Gasteiger partial charge >= 0.3 is 6.18 Å². The molecular weight excluding hydrogens is 375 g/mol. The third-order valence-electron chi connectivity index (χ3n) is 3.51. The van der Waals surface area contributed by atoms with E-state index in [0.29, 0.717) is 9.92 Å². The number of benzene rings is 2. The minimum atomic E-state index is -4.45. The Bertz CT molecular complexity index is 787. The lowest BCUT2D eigenvalue weighted by molar-refractivity contribution is -0.137. The summed E-state index contributed by atoms with van der Waals surface area (Å²) in [6, 6.07) is 10.3. The smallest absolute Gasteiger partial charge is 0.325 e. The summed E-state index contributed by atoms with van der Waals surface area (Å²) < 4.78 is 49.0. The number of hydrogen-bond acceptors (Lipinski definition) is 2. The normalized spacial score (nSPS) is 13.4. The Balaban J connectivity index is 2.15. The molecule has 0 heterocycles. The highest BCUT2D eigenvalue weighted by molar-refractivity contribution is 7.87. The standard InChI is InChI=1S/C17H15ClF3NO2S/c1-16(2,25(24)14-9-5-12(18)6-10-14)15(23)22-13-7-3-11(4-8-13)17(19,20)21/h3-10H,1-2H3,(H,22,23). The van der Waals surface area contributed by atoms with Gasteiger partial charge in [0.15, 0.2) is 0 Å². The maximum Gasteiger partial charge on any atom is 0.416 e. The molecule has 0 aliphatic rings. The molecule has 2 rings (SSSR count). The third-order valence-corrected chi connectivity index (χ3v) is 5.57. The van der Waals surface area contributed by atoms with E-state index in [4.69, 9.17) is 11.6 Å². The number of halogens is 4. The van der Waals surface area contributed by atoms with Crippen LogP contribution >= 0.6 is 11.6 Å². The number of carbonyl (C=O) groups excluding carboxylic acids is 1. The zero-order valence-electron chi connectivity index (χ0n) is 13.4. The molecule has 0 radical (unpaired) electrons. The van der Waals surface area contributed by atoms with Gasteiger partial charge in [0.05, 0.1) is 16.4 Å². The van der Waals surface area contributed by atoms with Gasteiger partial charge in [-0.25, -0.2) is 0 Å². The van der Waals surface area contributed by atoms with Crippen LogP contribution in [-0.4, -0.2) is 14.9 Å². The minimum Gasteiger partial charge on any atom is -0.325 e. The highest BCUT2D eigenvalue weighted by Crippen LogP contribution is 2.30. The fraction of sp³-hybridized carbons (Fsp3) is 0.235. The predicted octanol–water partition coefficient (Wildman–Crippen LogP) is 4.88. The van der Waals surface area contributed by atoms with Crippen molar-refractivity contribution in [3.8, 4) is 0 Å². The Labute approximate surface area is 150 Å². The zero-order valence-corrected chi connectivity index (χ0v) is 14.9. The van der Waals surface area contributed by atoms with Crippen LogP contribution in [0.1, 0.15) is 19.4 Å². The van der Waals surface area contributed by atoms with Crippen molar-refractivity contribution >= 4 is 34.0 Å². The second kappa shape index (κ2) is 7.17. The van der Waals surface area contributed by atoms with Gasteiger partial charge in [-0.05, 0) is 62.4 Å². The number of amides is 1. The summed E-state index contributed by atoms with van der Waals surface area (Å²) in [4.78, 5) is 12.9. The van der Waals surface area contributed by atoms with Crippen LogP contribution in [-0.2, 0) is 21.8 Å². The number of alkyl halides is 3. The van der Waals surface area contributed by atoms with Gasteiger partial charge in [-0.2, -0.15) is 13.2 Å².